The Morgan fingerprint density at radius 2 is 1.70 bits per heavy atom. The quantitative estimate of drug-likeness (QED) is 0.855. The highest BCUT2D eigenvalue weighted by Crippen LogP contribution is 2.30. The van der Waals surface area contributed by atoms with Crippen LogP contribution in [0.1, 0.15) is 5.56 Å². The van der Waals surface area contributed by atoms with E-state index >= 15 is 0 Å². The minimum Gasteiger partial charge on any atom is -0.365 e. The van der Waals surface area contributed by atoms with Crippen molar-refractivity contribution in [2.75, 3.05) is 25.0 Å². The molecule has 1 aliphatic rings. The molecule has 0 aromatic heterocycles. The first kappa shape index (κ1) is 17.4. The van der Waals surface area contributed by atoms with Gasteiger partial charge in [-0.3, -0.25) is 0 Å². The molecule has 0 spiro atoms. The number of nitrogens with zero attached hydrogens (tertiary/aromatic N) is 1. The van der Waals surface area contributed by atoms with E-state index in [1.807, 2.05) is 0 Å². The lowest BCUT2D eigenvalue weighted by molar-refractivity contribution is -0.195. The Labute approximate surface area is 127 Å². The molecule has 2 rings (SSSR count). The summed E-state index contributed by atoms with van der Waals surface area (Å²) in [6.45, 7) is -1.41. The lowest BCUT2D eigenvalue weighted by Gasteiger charge is -2.38. The van der Waals surface area contributed by atoms with Crippen molar-refractivity contribution in [3.63, 3.8) is 0 Å². The van der Waals surface area contributed by atoms with Crippen LogP contribution in [0.2, 0.25) is 0 Å². The Balaban J connectivity index is 1.78. The lowest BCUT2D eigenvalue weighted by Crippen LogP contribution is -2.56. The van der Waals surface area contributed by atoms with Crippen molar-refractivity contribution in [3.05, 3.63) is 29.8 Å². The summed E-state index contributed by atoms with van der Waals surface area (Å²) >= 11 is 0. The normalized spacial score (nSPS) is 16.2. The molecule has 1 fully saturated rings. The molecule has 0 bridgehead atoms. The molecule has 128 valence electrons. The van der Waals surface area contributed by atoms with Gasteiger partial charge in [0.15, 0.2) is 0 Å². The first-order valence-corrected chi connectivity index (χ1v) is 6.46. The number of benzene rings is 1. The number of rotatable bonds is 3. The maximum atomic E-state index is 12.4. The fraction of sp³-hybridized carbons (Fsp3) is 0.462. The fourth-order valence-corrected chi connectivity index (χ4v) is 1.87. The molecular formula is C13H12F6N2O2. The van der Waals surface area contributed by atoms with Crippen LogP contribution in [0, 0.1) is 0 Å². The van der Waals surface area contributed by atoms with Crippen LogP contribution in [-0.4, -0.2) is 42.9 Å². The number of amides is 2. The van der Waals surface area contributed by atoms with Crippen molar-refractivity contribution in [3.8, 4) is 0 Å². The zero-order valence-electron chi connectivity index (χ0n) is 11.5. The SMILES string of the molecule is O=C(Nc1ccc(C(F)(F)F)cc1)N1CC(OCC(F)(F)F)C1. The van der Waals surface area contributed by atoms with Crippen LogP contribution >= 0.6 is 0 Å². The van der Waals surface area contributed by atoms with Crippen molar-refractivity contribution in [2.24, 2.45) is 0 Å². The van der Waals surface area contributed by atoms with Crippen LogP contribution in [-0.2, 0) is 10.9 Å². The molecule has 0 radical (unpaired) electrons. The fourth-order valence-electron chi connectivity index (χ4n) is 1.87. The minimum absolute atomic E-state index is 0.0114. The van der Waals surface area contributed by atoms with Gasteiger partial charge in [0.1, 0.15) is 6.61 Å². The summed E-state index contributed by atoms with van der Waals surface area (Å²) in [7, 11) is 0. The van der Waals surface area contributed by atoms with E-state index in [1.54, 1.807) is 0 Å². The third-order valence-corrected chi connectivity index (χ3v) is 3.08. The molecule has 1 aromatic rings. The van der Waals surface area contributed by atoms with Gasteiger partial charge >= 0.3 is 18.4 Å². The van der Waals surface area contributed by atoms with Gasteiger partial charge in [0.2, 0.25) is 0 Å². The number of hydrogen-bond acceptors (Lipinski definition) is 2. The number of anilines is 1. The number of halogens is 6. The zero-order valence-corrected chi connectivity index (χ0v) is 11.5. The number of carbonyl (C=O) groups is 1. The van der Waals surface area contributed by atoms with Gasteiger partial charge in [-0.2, -0.15) is 26.3 Å². The van der Waals surface area contributed by atoms with E-state index in [2.05, 4.69) is 10.1 Å². The van der Waals surface area contributed by atoms with Crippen LogP contribution in [0.15, 0.2) is 24.3 Å². The van der Waals surface area contributed by atoms with Crippen LogP contribution < -0.4 is 5.32 Å². The average Bonchev–Trinajstić information content (AvgIpc) is 2.34. The number of nitrogens with one attached hydrogen (secondary N) is 1. The second kappa shape index (κ2) is 6.26. The smallest absolute Gasteiger partial charge is 0.365 e. The summed E-state index contributed by atoms with van der Waals surface area (Å²) in [6.07, 6.45) is -9.60. The van der Waals surface area contributed by atoms with Crippen molar-refractivity contribution < 1.29 is 35.9 Å². The number of ether oxygens (including phenoxy) is 1. The van der Waals surface area contributed by atoms with Gasteiger partial charge in [-0.05, 0) is 24.3 Å². The van der Waals surface area contributed by atoms with Gasteiger partial charge in [-0.15, -0.1) is 0 Å². The summed E-state index contributed by atoms with van der Waals surface area (Å²) in [5.74, 6) is 0. The molecule has 1 saturated heterocycles. The van der Waals surface area contributed by atoms with E-state index in [0.717, 1.165) is 24.3 Å². The molecule has 0 saturated carbocycles. The van der Waals surface area contributed by atoms with Crippen molar-refractivity contribution in [2.45, 2.75) is 18.5 Å². The maximum Gasteiger partial charge on any atom is 0.416 e. The van der Waals surface area contributed by atoms with E-state index in [-0.39, 0.29) is 18.8 Å². The van der Waals surface area contributed by atoms with E-state index in [9.17, 15) is 31.1 Å². The van der Waals surface area contributed by atoms with E-state index < -0.39 is 36.7 Å². The Morgan fingerprint density at radius 1 is 1.13 bits per heavy atom. The van der Waals surface area contributed by atoms with Gasteiger partial charge in [0.25, 0.3) is 0 Å². The molecule has 0 atom stereocenters. The number of hydrogen-bond donors (Lipinski definition) is 1. The zero-order chi connectivity index (χ0) is 17.3. The predicted molar refractivity (Wildman–Crippen MR) is 67.8 cm³/mol. The molecule has 1 N–H and O–H groups in total. The highest BCUT2D eigenvalue weighted by atomic mass is 19.4. The molecule has 1 heterocycles. The maximum absolute atomic E-state index is 12.4. The first-order chi connectivity index (χ1) is 10.5. The molecule has 2 amide bonds. The highest BCUT2D eigenvalue weighted by Gasteiger charge is 2.36. The summed E-state index contributed by atoms with van der Waals surface area (Å²) in [4.78, 5) is 12.9. The molecule has 0 unspecified atom stereocenters. The van der Waals surface area contributed by atoms with E-state index in [4.69, 9.17) is 0 Å². The minimum atomic E-state index is -4.47. The van der Waals surface area contributed by atoms with Gasteiger partial charge in [0.05, 0.1) is 24.8 Å². The summed E-state index contributed by atoms with van der Waals surface area (Å²) < 4.78 is 77.5. The molecule has 4 nitrogen and oxygen atoms in total. The molecule has 23 heavy (non-hydrogen) atoms. The molecule has 0 aliphatic carbocycles. The molecule has 1 aliphatic heterocycles. The first-order valence-electron chi connectivity index (χ1n) is 6.46. The van der Waals surface area contributed by atoms with Crippen molar-refractivity contribution >= 4 is 11.7 Å². The van der Waals surface area contributed by atoms with Crippen LogP contribution in [0.5, 0.6) is 0 Å². The number of urea groups is 1. The largest absolute Gasteiger partial charge is 0.416 e. The number of likely N-dealkylation sites (tertiary alicyclic amines) is 1. The Morgan fingerprint density at radius 3 is 2.17 bits per heavy atom. The van der Waals surface area contributed by atoms with Gasteiger partial charge in [-0.25, -0.2) is 4.79 Å². The van der Waals surface area contributed by atoms with Gasteiger partial charge in [0, 0.05) is 5.69 Å². The third kappa shape index (κ3) is 5.02. The predicted octanol–water partition coefficient (Wildman–Crippen LogP) is 3.50. The summed E-state index contributed by atoms with van der Waals surface area (Å²) in [5, 5.41) is 2.36. The number of carbonyl (C=O) groups excluding carboxylic acids is 1. The molecular weight excluding hydrogens is 330 g/mol. The summed E-state index contributed by atoms with van der Waals surface area (Å²) in [5.41, 5.74) is -0.692. The Kier molecular flexibility index (Phi) is 4.73. The standard InChI is InChI=1S/C13H12F6N2O2/c14-12(15,16)7-23-10-5-21(6-10)11(22)20-9-3-1-8(2-4-9)13(17,18)19/h1-4,10H,5-7H2,(H,20,22). The Bertz CT molecular complexity index is 549. The summed E-state index contributed by atoms with van der Waals surface area (Å²) in [6, 6.07) is 3.22. The lowest BCUT2D eigenvalue weighted by atomic mass is 10.2. The second-order valence-corrected chi connectivity index (χ2v) is 4.96. The highest BCUT2D eigenvalue weighted by molar-refractivity contribution is 5.89. The topological polar surface area (TPSA) is 41.6 Å². The molecule has 1 aromatic carbocycles. The van der Waals surface area contributed by atoms with Crippen LogP contribution in [0.25, 0.3) is 0 Å². The number of alkyl halides is 6. The van der Waals surface area contributed by atoms with Gasteiger partial charge in [-0.1, -0.05) is 0 Å². The van der Waals surface area contributed by atoms with E-state index in [0.29, 0.717) is 0 Å². The van der Waals surface area contributed by atoms with Crippen molar-refractivity contribution in [1.82, 2.24) is 4.90 Å². The Hall–Kier alpha value is -1.97. The monoisotopic (exact) mass is 342 g/mol. The third-order valence-electron chi connectivity index (χ3n) is 3.08. The van der Waals surface area contributed by atoms with Crippen molar-refractivity contribution in [1.29, 1.82) is 0 Å². The van der Waals surface area contributed by atoms with Crippen LogP contribution in [0.3, 0.4) is 0 Å². The van der Waals surface area contributed by atoms with Crippen LogP contribution in [0.4, 0.5) is 36.8 Å². The molecule has 10 heteroatoms. The second-order valence-electron chi connectivity index (χ2n) is 4.96. The average molecular weight is 342 g/mol. The van der Waals surface area contributed by atoms with E-state index in [1.165, 1.54) is 4.90 Å². The van der Waals surface area contributed by atoms with Gasteiger partial charge < -0.3 is 15.0 Å².